The zero-order valence-corrected chi connectivity index (χ0v) is 18.6. The molecule has 1 amide bonds. The molecule has 9 nitrogen and oxygen atoms in total. The molecule has 2 aromatic carbocycles. The molecule has 0 saturated carbocycles. The average Bonchev–Trinajstić information content (AvgIpc) is 3.31. The molecule has 4 rings (SSSR count). The summed E-state index contributed by atoms with van der Waals surface area (Å²) in [6.45, 7) is 0.855. The van der Waals surface area contributed by atoms with Crippen LogP contribution in [0.4, 0.5) is 0 Å². The van der Waals surface area contributed by atoms with Gasteiger partial charge in [-0.2, -0.15) is 0 Å². The molecule has 32 heavy (non-hydrogen) atoms. The minimum atomic E-state index is -0.373. The number of methoxy groups -OCH3 is 2. The highest BCUT2D eigenvalue weighted by Crippen LogP contribution is 2.35. The van der Waals surface area contributed by atoms with E-state index in [0.29, 0.717) is 53.6 Å². The molecule has 1 aliphatic heterocycles. The van der Waals surface area contributed by atoms with Gasteiger partial charge in [-0.1, -0.05) is 30.0 Å². The smallest absolute Gasteiger partial charge is 0.230 e. The lowest BCUT2D eigenvalue weighted by molar-refractivity contribution is -0.118. The minimum Gasteiger partial charge on any atom is -0.493 e. The van der Waals surface area contributed by atoms with Crippen molar-refractivity contribution < 1.29 is 23.7 Å². The first kappa shape index (κ1) is 21.8. The Bertz CT molecular complexity index is 1070. The summed E-state index contributed by atoms with van der Waals surface area (Å²) in [5.74, 6) is 3.42. The van der Waals surface area contributed by atoms with Crippen LogP contribution in [-0.2, 0) is 11.2 Å². The highest BCUT2D eigenvalue weighted by Gasteiger charge is 2.25. The summed E-state index contributed by atoms with van der Waals surface area (Å²) in [5.41, 5.74) is 1.05. The van der Waals surface area contributed by atoms with Crippen LogP contribution in [0.15, 0.2) is 47.6 Å². The van der Waals surface area contributed by atoms with Gasteiger partial charge < -0.3 is 24.3 Å². The maximum atomic E-state index is 12.2. The van der Waals surface area contributed by atoms with E-state index < -0.39 is 0 Å². The van der Waals surface area contributed by atoms with Gasteiger partial charge in [0.15, 0.2) is 34.9 Å². The largest absolute Gasteiger partial charge is 0.493 e. The Labute approximate surface area is 189 Å². The number of ether oxygens (including phenoxy) is 4. The molecule has 0 fully saturated rings. The SMILES string of the molecule is COc1ccc(CCNC(=O)CSc2n[nH]c(C3COc4ccccc4O3)n2)cc1OC. The van der Waals surface area contributed by atoms with Crippen LogP contribution in [0.2, 0.25) is 0 Å². The summed E-state index contributed by atoms with van der Waals surface area (Å²) >= 11 is 1.26. The van der Waals surface area contributed by atoms with Gasteiger partial charge in [-0.25, -0.2) is 4.98 Å². The predicted molar refractivity (Wildman–Crippen MR) is 119 cm³/mol. The molecule has 0 aliphatic carbocycles. The fraction of sp³-hybridized carbons (Fsp3) is 0.318. The molecule has 3 aromatic rings. The third-order valence-corrected chi connectivity index (χ3v) is 5.66. The van der Waals surface area contributed by atoms with Crippen LogP contribution in [-0.4, -0.2) is 54.2 Å². The quantitative estimate of drug-likeness (QED) is 0.474. The number of hydrogen-bond acceptors (Lipinski definition) is 8. The number of amides is 1. The highest BCUT2D eigenvalue weighted by atomic mass is 32.2. The number of hydrogen-bond donors (Lipinski definition) is 2. The van der Waals surface area contributed by atoms with Crippen molar-refractivity contribution in [1.82, 2.24) is 20.5 Å². The summed E-state index contributed by atoms with van der Waals surface area (Å²) < 4.78 is 22.2. The van der Waals surface area contributed by atoms with Crippen molar-refractivity contribution >= 4 is 17.7 Å². The van der Waals surface area contributed by atoms with Crippen LogP contribution in [0.5, 0.6) is 23.0 Å². The Hall–Kier alpha value is -3.40. The van der Waals surface area contributed by atoms with Gasteiger partial charge in [0.25, 0.3) is 0 Å². The first-order valence-corrected chi connectivity index (χ1v) is 11.1. The lowest BCUT2D eigenvalue weighted by Gasteiger charge is -2.24. The van der Waals surface area contributed by atoms with Gasteiger partial charge in [-0.3, -0.25) is 9.89 Å². The molecule has 1 atom stereocenters. The number of nitrogens with zero attached hydrogens (tertiary/aromatic N) is 2. The van der Waals surface area contributed by atoms with Crippen molar-refractivity contribution in [2.24, 2.45) is 0 Å². The fourth-order valence-corrected chi connectivity index (χ4v) is 3.82. The monoisotopic (exact) mass is 456 g/mol. The van der Waals surface area contributed by atoms with E-state index in [9.17, 15) is 4.79 Å². The predicted octanol–water partition coefficient (Wildman–Crippen LogP) is 2.79. The number of aromatic nitrogens is 3. The van der Waals surface area contributed by atoms with Gasteiger partial charge in [0, 0.05) is 6.54 Å². The zero-order chi connectivity index (χ0) is 22.3. The van der Waals surface area contributed by atoms with Gasteiger partial charge in [-0.15, -0.1) is 5.10 Å². The van der Waals surface area contributed by atoms with Crippen molar-refractivity contribution in [2.45, 2.75) is 17.7 Å². The summed E-state index contributed by atoms with van der Waals surface area (Å²) in [4.78, 5) is 16.6. The van der Waals surface area contributed by atoms with E-state index in [1.165, 1.54) is 11.8 Å². The lowest BCUT2D eigenvalue weighted by atomic mass is 10.1. The number of thioether (sulfide) groups is 1. The number of fused-ring (bicyclic) bond motifs is 1. The van der Waals surface area contributed by atoms with Crippen molar-refractivity contribution in [1.29, 1.82) is 0 Å². The molecular formula is C22H24N4O5S. The second kappa shape index (κ2) is 10.3. The van der Waals surface area contributed by atoms with Gasteiger partial charge in [0.1, 0.15) is 6.61 Å². The Kier molecular flexibility index (Phi) is 7.00. The van der Waals surface area contributed by atoms with E-state index >= 15 is 0 Å². The van der Waals surface area contributed by atoms with E-state index in [1.807, 2.05) is 42.5 Å². The fourth-order valence-electron chi connectivity index (χ4n) is 3.18. The molecule has 0 bridgehead atoms. The van der Waals surface area contributed by atoms with E-state index in [1.54, 1.807) is 14.2 Å². The van der Waals surface area contributed by atoms with Crippen LogP contribution >= 0.6 is 11.8 Å². The third-order valence-electron chi connectivity index (χ3n) is 4.81. The maximum Gasteiger partial charge on any atom is 0.230 e. The summed E-state index contributed by atoms with van der Waals surface area (Å²) in [6, 6.07) is 13.2. The lowest BCUT2D eigenvalue weighted by Crippen LogP contribution is -2.27. The van der Waals surface area contributed by atoms with Gasteiger partial charge in [-0.05, 0) is 36.2 Å². The Morgan fingerprint density at radius 2 is 2.00 bits per heavy atom. The number of benzene rings is 2. The van der Waals surface area contributed by atoms with Gasteiger partial charge >= 0.3 is 0 Å². The molecule has 2 heterocycles. The van der Waals surface area contributed by atoms with Gasteiger partial charge in [0.05, 0.1) is 20.0 Å². The Morgan fingerprint density at radius 1 is 1.19 bits per heavy atom. The number of aromatic amines is 1. The van der Waals surface area contributed by atoms with Crippen molar-refractivity contribution in [3.05, 3.63) is 53.9 Å². The molecule has 2 N–H and O–H groups in total. The number of nitrogens with one attached hydrogen (secondary N) is 2. The van der Waals surface area contributed by atoms with Crippen LogP contribution in [0, 0.1) is 0 Å². The van der Waals surface area contributed by atoms with Crippen LogP contribution in [0.25, 0.3) is 0 Å². The van der Waals surface area contributed by atoms with E-state index in [2.05, 4.69) is 20.5 Å². The molecule has 0 radical (unpaired) electrons. The first-order valence-electron chi connectivity index (χ1n) is 10.1. The zero-order valence-electron chi connectivity index (χ0n) is 17.8. The van der Waals surface area contributed by atoms with E-state index in [4.69, 9.17) is 18.9 Å². The van der Waals surface area contributed by atoms with Crippen LogP contribution in [0.3, 0.4) is 0 Å². The van der Waals surface area contributed by atoms with Crippen molar-refractivity contribution in [2.75, 3.05) is 33.1 Å². The standard InChI is InChI=1S/C22H24N4O5S/c1-28-15-8-7-14(11-18(15)29-2)9-10-23-20(27)13-32-22-24-21(25-26-22)19-12-30-16-5-3-4-6-17(16)31-19/h3-8,11,19H,9-10,12-13H2,1-2H3,(H,23,27)(H,24,25,26). The number of carbonyl (C=O) groups is 1. The average molecular weight is 457 g/mol. The normalized spacial score (nSPS) is 14.6. The van der Waals surface area contributed by atoms with E-state index in [-0.39, 0.29) is 17.8 Å². The number of rotatable bonds is 9. The molecule has 168 valence electrons. The van der Waals surface area contributed by atoms with Crippen LogP contribution in [0.1, 0.15) is 17.5 Å². The topological polar surface area (TPSA) is 108 Å². The second-order valence-electron chi connectivity index (χ2n) is 6.95. The molecule has 1 aromatic heterocycles. The molecular weight excluding hydrogens is 432 g/mol. The number of H-pyrrole nitrogens is 1. The molecule has 1 aliphatic rings. The maximum absolute atomic E-state index is 12.2. The summed E-state index contributed by atoms with van der Waals surface area (Å²) in [7, 11) is 3.20. The Morgan fingerprint density at radius 3 is 2.81 bits per heavy atom. The first-order chi connectivity index (χ1) is 15.7. The number of carbonyl (C=O) groups excluding carboxylic acids is 1. The van der Waals surface area contributed by atoms with Crippen LogP contribution < -0.4 is 24.3 Å². The highest BCUT2D eigenvalue weighted by molar-refractivity contribution is 7.99. The summed E-state index contributed by atoms with van der Waals surface area (Å²) in [5, 5.41) is 10.4. The third kappa shape index (κ3) is 5.25. The molecule has 1 unspecified atom stereocenters. The van der Waals surface area contributed by atoms with Gasteiger partial charge in [0.2, 0.25) is 11.1 Å². The molecule has 0 spiro atoms. The summed E-state index contributed by atoms with van der Waals surface area (Å²) in [6.07, 6.45) is 0.310. The minimum absolute atomic E-state index is 0.0898. The Balaban J connectivity index is 1.22. The molecule has 10 heteroatoms. The van der Waals surface area contributed by atoms with E-state index in [0.717, 1.165) is 5.56 Å². The molecule has 0 saturated heterocycles. The van der Waals surface area contributed by atoms with Crippen molar-refractivity contribution in [3.8, 4) is 23.0 Å². The van der Waals surface area contributed by atoms with Crippen molar-refractivity contribution in [3.63, 3.8) is 0 Å². The number of para-hydroxylation sites is 2. The second-order valence-corrected chi connectivity index (χ2v) is 7.89.